The summed E-state index contributed by atoms with van der Waals surface area (Å²) in [6.07, 6.45) is -4.88. The molecular formula is C19H30O8. The molecule has 1 aliphatic carbocycles. The molecule has 0 aromatic rings. The standard InChI is InChI=1S/C19H30O8/c1-9-5-11(7-19(3,4)14(9)12(22)6-10(2)21)26-18-17(25)16(24)15(23)13(8-20)27-18/h6,11,13,15-18,20,22-25H,5,7-8H2,1-4H3/t11-,13-,15-,16+,17-,18-/m1/s1. The summed E-state index contributed by atoms with van der Waals surface area (Å²) in [6, 6.07) is 0. The molecule has 0 saturated carbocycles. The number of aliphatic hydroxyl groups is 5. The summed E-state index contributed by atoms with van der Waals surface area (Å²) in [5.74, 6) is -0.306. The molecular weight excluding hydrogens is 356 g/mol. The molecule has 8 heteroatoms. The van der Waals surface area contributed by atoms with Crippen LogP contribution in [0.1, 0.15) is 40.5 Å². The lowest BCUT2D eigenvalue weighted by Crippen LogP contribution is -2.59. The van der Waals surface area contributed by atoms with E-state index in [9.17, 15) is 30.3 Å². The quantitative estimate of drug-likeness (QED) is 0.337. The minimum atomic E-state index is -1.49. The predicted molar refractivity (Wildman–Crippen MR) is 95.7 cm³/mol. The smallest absolute Gasteiger partial charge is 0.186 e. The van der Waals surface area contributed by atoms with Crippen molar-refractivity contribution in [1.82, 2.24) is 0 Å². The third kappa shape index (κ3) is 4.77. The topological polar surface area (TPSA) is 137 Å². The van der Waals surface area contributed by atoms with Crippen molar-refractivity contribution in [2.24, 2.45) is 5.41 Å². The largest absolute Gasteiger partial charge is 0.508 e. The Balaban J connectivity index is 2.18. The molecule has 0 amide bonds. The summed E-state index contributed by atoms with van der Waals surface area (Å²) in [4.78, 5) is 11.3. The number of ketones is 1. The van der Waals surface area contributed by atoms with Crippen LogP contribution in [0.4, 0.5) is 0 Å². The van der Waals surface area contributed by atoms with E-state index in [4.69, 9.17) is 9.47 Å². The Labute approximate surface area is 158 Å². The number of rotatable bonds is 5. The molecule has 0 unspecified atom stereocenters. The van der Waals surface area contributed by atoms with Crippen molar-refractivity contribution in [3.63, 3.8) is 0 Å². The molecule has 1 heterocycles. The highest BCUT2D eigenvalue weighted by Crippen LogP contribution is 2.44. The summed E-state index contributed by atoms with van der Waals surface area (Å²) >= 11 is 0. The molecule has 0 spiro atoms. The highest BCUT2D eigenvalue weighted by atomic mass is 16.7. The third-order valence-electron chi connectivity index (χ3n) is 5.15. The highest BCUT2D eigenvalue weighted by Gasteiger charge is 2.46. The van der Waals surface area contributed by atoms with Crippen LogP contribution in [0, 0.1) is 5.41 Å². The molecule has 0 bridgehead atoms. The zero-order valence-electron chi connectivity index (χ0n) is 16.1. The van der Waals surface area contributed by atoms with E-state index in [1.165, 1.54) is 13.0 Å². The molecule has 0 aromatic carbocycles. The van der Waals surface area contributed by atoms with Gasteiger partial charge in [-0.2, -0.15) is 0 Å². The zero-order valence-corrected chi connectivity index (χ0v) is 16.1. The maximum absolute atomic E-state index is 11.3. The molecule has 0 radical (unpaired) electrons. The fourth-order valence-electron chi connectivity index (χ4n) is 4.06. The van der Waals surface area contributed by atoms with Gasteiger partial charge < -0.3 is 35.0 Å². The van der Waals surface area contributed by atoms with E-state index in [0.717, 1.165) is 5.57 Å². The second-order valence-electron chi connectivity index (χ2n) is 8.04. The van der Waals surface area contributed by atoms with Gasteiger partial charge in [-0.15, -0.1) is 0 Å². The maximum atomic E-state index is 11.3. The number of allylic oxidation sites excluding steroid dienone is 2. The van der Waals surface area contributed by atoms with E-state index >= 15 is 0 Å². The summed E-state index contributed by atoms with van der Waals surface area (Å²) in [5.41, 5.74) is 1.03. The van der Waals surface area contributed by atoms with Gasteiger partial charge in [0, 0.05) is 6.08 Å². The summed E-state index contributed by atoms with van der Waals surface area (Å²) in [6.45, 7) is 6.52. The molecule has 27 heavy (non-hydrogen) atoms. The summed E-state index contributed by atoms with van der Waals surface area (Å²) < 4.78 is 11.3. The van der Waals surface area contributed by atoms with Crippen molar-refractivity contribution in [2.75, 3.05) is 6.61 Å². The van der Waals surface area contributed by atoms with Crippen molar-refractivity contribution >= 4 is 5.78 Å². The van der Waals surface area contributed by atoms with Crippen LogP contribution in [0.15, 0.2) is 23.0 Å². The zero-order chi connectivity index (χ0) is 20.5. The third-order valence-corrected chi connectivity index (χ3v) is 5.15. The minimum absolute atomic E-state index is 0.0590. The van der Waals surface area contributed by atoms with Gasteiger partial charge in [-0.1, -0.05) is 19.4 Å². The minimum Gasteiger partial charge on any atom is -0.508 e. The van der Waals surface area contributed by atoms with Gasteiger partial charge >= 0.3 is 0 Å². The number of aliphatic hydroxyl groups excluding tert-OH is 5. The molecule has 2 aliphatic rings. The first kappa shape index (κ1) is 22.0. The molecule has 2 rings (SSSR count). The van der Waals surface area contributed by atoms with Crippen molar-refractivity contribution < 1.29 is 39.8 Å². The predicted octanol–water partition coefficient (Wildman–Crippen LogP) is 0.339. The molecule has 154 valence electrons. The fraction of sp³-hybridized carbons (Fsp3) is 0.737. The van der Waals surface area contributed by atoms with Crippen LogP contribution in [-0.4, -0.2) is 74.7 Å². The van der Waals surface area contributed by atoms with Gasteiger partial charge in [-0.25, -0.2) is 0 Å². The first-order valence-corrected chi connectivity index (χ1v) is 9.05. The Morgan fingerprint density at radius 1 is 1.26 bits per heavy atom. The van der Waals surface area contributed by atoms with E-state index in [1.807, 2.05) is 20.8 Å². The van der Waals surface area contributed by atoms with Crippen molar-refractivity contribution in [1.29, 1.82) is 0 Å². The molecule has 1 fully saturated rings. The molecule has 6 atom stereocenters. The van der Waals surface area contributed by atoms with Crippen LogP contribution in [0.25, 0.3) is 0 Å². The molecule has 5 N–H and O–H groups in total. The Morgan fingerprint density at radius 3 is 2.41 bits per heavy atom. The van der Waals surface area contributed by atoms with Crippen LogP contribution < -0.4 is 0 Å². The first-order chi connectivity index (χ1) is 12.5. The molecule has 1 aliphatic heterocycles. The summed E-state index contributed by atoms with van der Waals surface area (Å²) in [5, 5.41) is 49.5. The molecule has 1 saturated heterocycles. The molecule has 0 aromatic heterocycles. The van der Waals surface area contributed by atoms with Crippen molar-refractivity contribution in [2.45, 2.75) is 77.3 Å². The Hall–Kier alpha value is -1.29. The number of carbonyl (C=O) groups is 1. The van der Waals surface area contributed by atoms with Crippen LogP contribution >= 0.6 is 0 Å². The lowest BCUT2D eigenvalue weighted by molar-refractivity contribution is -0.313. The van der Waals surface area contributed by atoms with E-state index < -0.39 is 42.7 Å². The molecule has 8 nitrogen and oxygen atoms in total. The monoisotopic (exact) mass is 386 g/mol. The van der Waals surface area contributed by atoms with Crippen LogP contribution in [0.2, 0.25) is 0 Å². The average Bonchev–Trinajstić information content (AvgIpc) is 2.53. The van der Waals surface area contributed by atoms with Gasteiger partial charge in [0.1, 0.15) is 30.2 Å². The Bertz CT molecular complexity index is 621. The van der Waals surface area contributed by atoms with Crippen molar-refractivity contribution in [3.8, 4) is 0 Å². The Morgan fingerprint density at radius 2 is 1.89 bits per heavy atom. The van der Waals surface area contributed by atoms with Gasteiger partial charge in [0.15, 0.2) is 12.1 Å². The SMILES string of the molecule is CC(=O)C=C(O)C1=C(C)C[C@@H](O[C@@H]2O[C@H](CO)[C@@H](O)[C@H](O)[C@H]2O)CC1(C)C. The lowest BCUT2D eigenvalue weighted by Gasteiger charge is -2.43. The van der Waals surface area contributed by atoms with Gasteiger partial charge in [0.25, 0.3) is 0 Å². The fourth-order valence-corrected chi connectivity index (χ4v) is 4.06. The maximum Gasteiger partial charge on any atom is 0.186 e. The number of hydrogen-bond donors (Lipinski definition) is 5. The van der Waals surface area contributed by atoms with Gasteiger partial charge in [0.2, 0.25) is 0 Å². The second-order valence-corrected chi connectivity index (χ2v) is 8.04. The Kier molecular flexibility index (Phi) is 6.83. The first-order valence-electron chi connectivity index (χ1n) is 9.05. The van der Waals surface area contributed by atoms with E-state index in [1.54, 1.807) is 0 Å². The van der Waals surface area contributed by atoms with Crippen molar-refractivity contribution in [3.05, 3.63) is 23.0 Å². The normalized spacial score (nSPS) is 37.4. The number of carbonyl (C=O) groups excluding carboxylic acids is 1. The highest BCUT2D eigenvalue weighted by molar-refractivity contribution is 5.88. The van der Waals surface area contributed by atoms with E-state index in [2.05, 4.69) is 0 Å². The number of hydrogen-bond acceptors (Lipinski definition) is 8. The van der Waals surface area contributed by atoms with E-state index in [0.29, 0.717) is 18.4 Å². The van der Waals surface area contributed by atoms with Crippen LogP contribution in [0.5, 0.6) is 0 Å². The van der Waals surface area contributed by atoms with E-state index in [-0.39, 0.29) is 17.6 Å². The van der Waals surface area contributed by atoms with Crippen LogP contribution in [0.3, 0.4) is 0 Å². The van der Waals surface area contributed by atoms with Gasteiger partial charge in [-0.3, -0.25) is 4.79 Å². The van der Waals surface area contributed by atoms with Gasteiger partial charge in [0.05, 0.1) is 12.7 Å². The summed E-state index contributed by atoms with van der Waals surface area (Å²) in [7, 11) is 0. The lowest BCUT2D eigenvalue weighted by atomic mass is 9.70. The second kappa shape index (κ2) is 8.38. The van der Waals surface area contributed by atoms with Gasteiger partial charge in [-0.05, 0) is 37.7 Å². The van der Waals surface area contributed by atoms with Crippen LogP contribution in [-0.2, 0) is 14.3 Å². The number of ether oxygens (including phenoxy) is 2. The average molecular weight is 386 g/mol.